The first-order valence-electron chi connectivity index (χ1n) is 14.1. The summed E-state index contributed by atoms with van der Waals surface area (Å²) in [4.78, 5) is 24.1. The second-order valence-corrected chi connectivity index (χ2v) is 11.3. The van der Waals surface area contributed by atoms with Crippen molar-refractivity contribution in [3.63, 3.8) is 0 Å². The van der Waals surface area contributed by atoms with Crippen LogP contribution in [-0.2, 0) is 9.53 Å². The number of carbonyl (C=O) groups is 2. The Kier molecular flexibility index (Phi) is 13.2. The summed E-state index contributed by atoms with van der Waals surface area (Å²) in [5.74, 6) is 2.22. The molecule has 2 N–H and O–H groups in total. The number of hydrogen-bond acceptors (Lipinski definition) is 3. The van der Waals surface area contributed by atoms with Crippen LogP contribution in [0, 0.1) is 17.8 Å². The predicted molar refractivity (Wildman–Crippen MR) is 136 cm³/mol. The first-order chi connectivity index (χ1) is 15.9. The minimum Gasteiger partial charge on any atom is -0.466 e. The molecule has 2 fully saturated rings. The second kappa shape index (κ2) is 15.6. The van der Waals surface area contributed by atoms with Gasteiger partial charge >= 0.3 is 12.0 Å². The molecule has 0 aromatic rings. The molecule has 5 nitrogen and oxygen atoms in total. The van der Waals surface area contributed by atoms with Gasteiger partial charge in [0.2, 0.25) is 0 Å². The molecular weight excluding hydrogens is 412 g/mol. The summed E-state index contributed by atoms with van der Waals surface area (Å²) in [6.07, 6.45) is 19.3. The fourth-order valence-corrected chi connectivity index (χ4v) is 6.38. The van der Waals surface area contributed by atoms with Gasteiger partial charge in [0.25, 0.3) is 0 Å². The lowest BCUT2D eigenvalue weighted by atomic mass is 9.61. The molecule has 5 heteroatoms. The highest BCUT2D eigenvalue weighted by molar-refractivity contribution is 5.74. The van der Waals surface area contributed by atoms with Crippen molar-refractivity contribution in [2.45, 2.75) is 135 Å². The molecule has 0 aromatic carbocycles. The third kappa shape index (κ3) is 11.6. The van der Waals surface area contributed by atoms with E-state index in [4.69, 9.17) is 4.74 Å². The number of esters is 1. The average Bonchev–Trinajstić information content (AvgIpc) is 2.73. The summed E-state index contributed by atoms with van der Waals surface area (Å²) in [6.45, 7) is 8.16. The topological polar surface area (TPSA) is 67.4 Å². The van der Waals surface area contributed by atoms with Crippen molar-refractivity contribution in [3.8, 4) is 0 Å². The van der Waals surface area contributed by atoms with Crippen molar-refractivity contribution >= 4 is 12.0 Å². The average molecular weight is 465 g/mol. The Morgan fingerprint density at radius 3 is 2.00 bits per heavy atom. The largest absolute Gasteiger partial charge is 0.466 e. The SMILES string of the molecule is CCCCOC(=O)CCCCCCCCCCCNC(=O)NC12CC(C)CC(CC(C)C1)C2. The quantitative estimate of drug-likeness (QED) is 0.188. The van der Waals surface area contributed by atoms with E-state index in [2.05, 4.69) is 31.4 Å². The third-order valence-electron chi connectivity index (χ3n) is 7.61. The maximum Gasteiger partial charge on any atom is 0.315 e. The molecular formula is C28H52N2O3. The van der Waals surface area contributed by atoms with Crippen molar-refractivity contribution in [2.24, 2.45) is 17.8 Å². The molecule has 0 spiro atoms. The maximum atomic E-state index is 12.5. The fraction of sp³-hybridized carbons (Fsp3) is 0.929. The van der Waals surface area contributed by atoms with Gasteiger partial charge in [0.1, 0.15) is 0 Å². The van der Waals surface area contributed by atoms with Crippen LogP contribution >= 0.6 is 0 Å². The van der Waals surface area contributed by atoms with E-state index in [-0.39, 0.29) is 17.5 Å². The van der Waals surface area contributed by atoms with Gasteiger partial charge in [0.05, 0.1) is 6.61 Å². The zero-order valence-electron chi connectivity index (χ0n) is 21.9. The number of carbonyl (C=O) groups excluding carboxylic acids is 2. The van der Waals surface area contributed by atoms with Crippen molar-refractivity contribution < 1.29 is 14.3 Å². The van der Waals surface area contributed by atoms with Crippen molar-refractivity contribution in [3.05, 3.63) is 0 Å². The zero-order chi connectivity index (χ0) is 23.9. The van der Waals surface area contributed by atoms with Crippen LogP contribution < -0.4 is 10.6 Å². The van der Waals surface area contributed by atoms with Gasteiger partial charge in [0, 0.05) is 18.5 Å². The van der Waals surface area contributed by atoms with Crippen LogP contribution in [0.1, 0.15) is 130 Å². The van der Waals surface area contributed by atoms with Crippen molar-refractivity contribution in [1.82, 2.24) is 10.6 Å². The molecule has 0 aliphatic heterocycles. The normalized spacial score (nSPS) is 26.6. The van der Waals surface area contributed by atoms with Crippen LogP contribution in [0.15, 0.2) is 0 Å². The maximum absolute atomic E-state index is 12.5. The van der Waals surface area contributed by atoms with Gasteiger partial charge in [-0.05, 0) is 69.1 Å². The first kappa shape index (κ1) is 28.0. The van der Waals surface area contributed by atoms with Gasteiger partial charge in [-0.2, -0.15) is 0 Å². The number of amides is 2. The summed E-state index contributed by atoms with van der Waals surface area (Å²) >= 11 is 0. The van der Waals surface area contributed by atoms with Gasteiger partial charge in [-0.3, -0.25) is 4.79 Å². The number of ether oxygens (including phenoxy) is 1. The van der Waals surface area contributed by atoms with Crippen molar-refractivity contribution in [2.75, 3.05) is 13.2 Å². The molecule has 2 atom stereocenters. The zero-order valence-corrected chi connectivity index (χ0v) is 21.9. The molecule has 2 aliphatic rings. The summed E-state index contributed by atoms with van der Waals surface area (Å²) in [7, 11) is 0. The molecule has 2 aliphatic carbocycles. The summed E-state index contributed by atoms with van der Waals surface area (Å²) < 4.78 is 5.18. The Morgan fingerprint density at radius 1 is 0.818 bits per heavy atom. The van der Waals surface area contributed by atoms with Gasteiger partial charge in [-0.15, -0.1) is 0 Å². The number of unbranched alkanes of at least 4 members (excludes halogenated alkanes) is 9. The number of rotatable bonds is 16. The summed E-state index contributed by atoms with van der Waals surface area (Å²) in [5.41, 5.74) is 0.0411. The highest BCUT2D eigenvalue weighted by atomic mass is 16.5. The predicted octanol–water partition coefficient (Wildman–Crippen LogP) is 7.13. The number of hydrogen-bond donors (Lipinski definition) is 2. The monoisotopic (exact) mass is 464 g/mol. The van der Waals surface area contributed by atoms with Crippen LogP contribution in [0.3, 0.4) is 0 Å². The van der Waals surface area contributed by atoms with Gasteiger partial charge < -0.3 is 15.4 Å². The smallest absolute Gasteiger partial charge is 0.315 e. The van der Waals surface area contributed by atoms with E-state index < -0.39 is 0 Å². The molecule has 192 valence electrons. The minimum atomic E-state index is -0.0313. The number of urea groups is 1. The molecule has 0 radical (unpaired) electrons. The summed E-state index contributed by atoms with van der Waals surface area (Å²) in [5, 5.41) is 6.52. The van der Waals surface area contributed by atoms with E-state index in [9.17, 15) is 9.59 Å². The molecule has 0 aromatic heterocycles. The second-order valence-electron chi connectivity index (χ2n) is 11.3. The van der Waals surface area contributed by atoms with Crippen molar-refractivity contribution in [1.29, 1.82) is 0 Å². The van der Waals surface area contributed by atoms with Gasteiger partial charge in [0.15, 0.2) is 0 Å². The summed E-state index contributed by atoms with van der Waals surface area (Å²) in [6, 6.07) is 0.0474. The molecule has 0 heterocycles. The molecule has 2 saturated carbocycles. The number of fused-ring (bicyclic) bond motifs is 2. The number of nitrogens with one attached hydrogen (secondary N) is 2. The van der Waals surface area contributed by atoms with Gasteiger partial charge in [-0.25, -0.2) is 4.79 Å². The standard InChI is InChI=1S/C28H52N2O3/c1-4-5-17-33-26(31)15-13-11-9-7-6-8-10-12-14-16-29-27(32)30-28-20-23(2)18-25(22-28)19-24(3)21-28/h23-25H,4-22H2,1-3H3,(H2,29,30,32). The highest BCUT2D eigenvalue weighted by Gasteiger charge is 2.45. The van der Waals surface area contributed by atoms with Crippen LogP contribution in [0.2, 0.25) is 0 Å². The van der Waals surface area contributed by atoms with E-state index in [1.807, 2.05) is 0 Å². The lowest BCUT2D eigenvalue weighted by Gasteiger charge is -2.50. The molecule has 2 amide bonds. The fourth-order valence-electron chi connectivity index (χ4n) is 6.38. The van der Waals surface area contributed by atoms with E-state index in [1.54, 1.807) is 0 Å². The van der Waals surface area contributed by atoms with Crippen LogP contribution in [0.25, 0.3) is 0 Å². The van der Waals surface area contributed by atoms with E-state index in [0.29, 0.717) is 13.0 Å². The third-order valence-corrected chi connectivity index (χ3v) is 7.61. The minimum absolute atomic E-state index is 0.0313. The lowest BCUT2D eigenvalue weighted by Crippen LogP contribution is -2.58. The molecule has 2 rings (SSSR count). The van der Waals surface area contributed by atoms with E-state index >= 15 is 0 Å². The first-order valence-corrected chi connectivity index (χ1v) is 14.1. The molecule has 0 saturated heterocycles. The Bertz CT molecular complexity index is 546. The molecule has 2 bridgehead atoms. The Labute approximate surface area is 203 Å². The highest BCUT2D eigenvalue weighted by Crippen LogP contribution is 2.47. The Morgan fingerprint density at radius 2 is 1.39 bits per heavy atom. The van der Waals surface area contributed by atoms with Crippen LogP contribution in [0.5, 0.6) is 0 Å². The van der Waals surface area contributed by atoms with Crippen LogP contribution in [0.4, 0.5) is 4.79 Å². The van der Waals surface area contributed by atoms with E-state index in [1.165, 1.54) is 57.8 Å². The molecule has 2 unspecified atom stereocenters. The lowest BCUT2D eigenvalue weighted by molar-refractivity contribution is -0.143. The Balaban J connectivity index is 1.40. The Hall–Kier alpha value is -1.26. The molecule has 33 heavy (non-hydrogen) atoms. The van der Waals surface area contributed by atoms with E-state index in [0.717, 1.165) is 69.2 Å². The van der Waals surface area contributed by atoms with Crippen LogP contribution in [-0.4, -0.2) is 30.7 Å². The van der Waals surface area contributed by atoms with Gasteiger partial charge in [-0.1, -0.05) is 72.1 Å².